The van der Waals surface area contributed by atoms with Crippen molar-refractivity contribution in [2.24, 2.45) is 22.6 Å². The molecule has 1 aromatic heterocycles. The van der Waals surface area contributed by atoms with Gasteiger partial charge in [0, 0.05) is 78.4 Å². The Morgan fingerprint density at radius 3 is 1.91 bits per heavy atom. The second-order valence-electron chi connectivity index (χ2n) is 13.2. The minimum Gasteiger partial charge on any atom is -0.396 e. The largest absolute Gasteiger partial charge is 0.396 e. The number of aliphatic hydroxyl groups is 2. The van der Waals surface area contributed by atoms with Crippen LogP contribution < -0.4 is 11.3 Å². The van der Waals surface area contributed by atoms with Gasteiger partial charge >= 0.3 is 0 Å². The van der Waals surface area contributed by atoms with E-state index in [4.69, 9.17) is 30.6 Å². The summed E-state index contributed by atoms with van der Waals surface area (Å²) in [5, 5.41) is 21.9. The summed E-state index contributed by atoms with van der Waals surface area (Å²) in [4.78, 5) is 48.3. The quantitative estimate of drug-likeness (QED) is 0.120. The molecular formula is C34H56N4O8. The van der Waals surface area contributed by atoms with Crippen molar-refractivity contribution in [1.29, 1.82) is 0 Å². The van der Waals surface area contributed by atoms with E-state index in [0.717, 1.165) is 107 Å². The van der Waals surface area contributed by atoms with E-state index in [1.165, 1.54) is 0 Å². The topological polar surface area (TPSA) is 183 Å². The average molecular weight is 649 g/mol. The van der Waals surface area contributed by atoms with Gasteiger partial charge in [-0.05, 0) is 75.0 Å². The number of rotatable bonds is 11. The molecule has 12 nitrogen and oxygen atoms in total. The minimum atomic E-state index is -0.964. The number of ether oxygens (including phenoxy) is 2. The lowest BCUT2D eigenvalue weighted by Crippen LogP contribution is -2.46. The first-order valence-electron chi connectivity index (χ1n) is 17.2. The third kappa shape index (κ3) is 10.1. The Balaban J connectivity index is 0.000000213. The molecule has 0 atom stereocenters. The van der Waals surface area contributed by atoms with Gasteiger partial charge in [0.1, 0.15) is 5.92 Å². The van der Waals surface area contributed by atoms with Crippen LogP contribution in [-0.2, 0) is 43.2 Å². The van der Waals surface area contributed by atoms with Crippen LogP contribution in [0.5, 0.6) is 0 Å². The summed E-state index contributed by atoms with van der Waals surface area (Å²) in [5.74, 6) is 3.68. The zero-order valence-electron chi connectivity index (χ0n) is 27.9. The van der Waals surface area contributed by atoms with Gasteiger partial charge in [-0.2, -0.15) is 5.10 Å². The molecule has 2 spiro atoms. The third-order valence-electron chi connectivity index (χ3n) is 9.85. The van der Waals surface area contributed by atoms with Crippen molar-refractivity contribution in [3.8, 4) is 0 Å². The van der Waals surface area contributed by atoms with Crippen molar-refractivity contribution in [2.75, 3.05) is 46.2 Å². The first-order valence-corrected chi connectivity index (χ1v) is 17.2. The molecule has 1 aromatic rings. The molecule has 3 fully saturated rings. The Morgan fingerprint density at radius 2 is 1.41 bits per heavy atom. The maximum Gasteiger partial charge on any atom is 0.167 e. The highest BCUT2D eigenvalue weighted by Gasteiger charge is 2.47. The zero-order chi connectivity index (χ0) is 33.6. The van der Waals surface area contributed by atoms with Gasteiger partial charge in [0.2, 0.25) is 0 Å². The lowest BCUT2D eigenvalue weighted by atomic mass is 9.64. The molecule has 2 aliphatic heterocycles. The van der Waals surface area contributed by atoms with E-state index < -0.39 is 5.92 Å². The molecule has 2 aliphatic carbocycles. The predicted molar refractivity (Wildman–Crippen MR) is 172 cm³/mol. The van der Waals surface area contributed by atoms with E-state index in [2.05, 4.69) is 12.3 Å². The van der Waals surface area contributed by atoms with E-state index in [1.807, 2.05) is 4.68 Å². The molecule has 2 saturated heterocycles. The number of hydrazine groups is 1. The van der Waals surface area contributed by atoms with Crippen LogP contribution in [0.15, 0.2) is 0 Å². The van der Waals surface area contributed by atoms with Crippen LogP contribution in [0.2, 0.25) is 0 Å². The van der Waals surface area contributed by atoms with Gasteiger partial charge in [0.15, 0.2) is 23.1 Å². The Bertz CT molecular complexity index is 1130. The van der Waals surface area contributed by atoms with Gasteiger partial charge in [-0.1, -0.05) is 13.8 Å². The molecule has 5 N–H and O–H groups in total. The van der Waals surface area contributed by atoms with Crippen molar-refractivity contribution in [2.45, 2.75) is 110 Å². The summed E-state index contributed by atoms with van der Waals surface area (Å²) >= 11 is 0. The number of Topliss-reactive ketones (excluding diaryl/α,β-unsaturated/α-hetero) is 4. The molecule has 0 aromatic carbocycles. The Labute approximate surface area is 273 Å². The number of fused-ring (bicyclic) bond motifs is 1. The molecule has 0 unspecified atom stereocenters. The van der Waals surface area contributed by atoms with E-state index in [9.17, 15) is 19.2 Å². The number of carbonyl (C=O) groups excluding carboxylic acids is 4. The number of hydrogen-bond acceptors (Lipinski definition) is 11. The number of carbonyl (C=O) groups is 4. The van der Waals surface area contributed by atoms with Crippen LogP contribution in [0, 0.1) is 16.7 Å². The number of hydrogen-bond donors (Lipinski definition) is 4. The van der Waals surface area contributed by atoms with E-state index in [0.29, 0.717) is 32.5 Å². The molecule has 0 bridgehead atoms. The summed E-state index contributed by atoms with van der Waals surface area (Å²) < 4.78 is 12.8. The van der Waals surface area contributed by atoms with Gasteiger partial charge in [0.05, 0.1) is 17.0 Å². The summed E-state index contributed by atoms with van der Waals surface area (Å²) in [6, 6.07) is 0. The molecule has 12 heteroatoms. The van der Waals surface area contributed by atoms with E-state index in [1.54, 1.807) is 6.92 Å². The van der Waals surface area contributed by atoms with Crippen molar-refractivity contribution in [3.05, 3.63) is 17.0 Å². The SMILES string of the molecule is CCC(=O)C1C(=O)CC2(CCOCC2)CC1=O.CCc1nn(CCCCO)c2c1C(=O)CC1(CCOCC1)C2.NNCCCCO. The molecule has 0 amide bonds. The summed E-state index contributed by atoms with van der Waals surface area (Å²) in [6.45, 7) is 8.59. The van der Waals surface area contributed by atoms with E-state index in [-0.39, 0.29) is 53.6 Å². The molecule has 1 saturated carbocycles. The predicted octanol–water partition coefficient (Wildman–Crippen LogP) is 2.68. The fourth-order valence-corrected chi connectivity index (χ4v) is 7.11. The fourth-order valence-electron chi connectivity index (χ4n) is 7.11. The number of nitrogens with one attached hydrogen (secondary N) is 1. The lowest BCUT2D eigenvalue weighted by molar-refractivity contribution is -0.148. The maximum atomic E-state index is 12.7. The highest BCUT2D eigenvalue weighted by molar-refractivity contribution is 6.20. The zero-order valence-corrected chi connectivity index (χ0v) is 27.9. The maximum absolute atomic E-state index is 12.7. The molecule has 5 rings (SSSR count). The van der Waals surface area contributed by atoms with Crippen LogP contribution in [0.25, 0.3) is 0 Å². The summed E-state index contributed by atoms with van der Waals surface area (Å²) in [5.41, 5.74) is 5.34. The molecule has 4 aliphatic rings. The Morgan fingerprint density at radius 1 is 0.870 bits per heavy atom. The number of unbranched alkanes of at least 4 members (excludes halogenated alkanes) is 2. The van der Waals surface area contributed by atoms with Crippen molar-refractivity contribution >= 4 is 23.1 Å². The summed E-state index contributed by atoms with van der Waals surface area (Å²) in [7, 11) is 0. The Kier molecular flexibility index (Phi) is 15.6. The standard InChI is InChI=1S/C17H26N2O3.C13H18O4.C4H12N2O/c1-2-13-16-14(19(18-13)7-3-4-8-20)11-17(12-15(16)21)5-9-22-10-6-17;1-2-9(14)12-10(15)7-13(8-11(12)16)3-5-17-6-4-13;5-6-3-1-2-4-7/h20H,2-12H2,1H3;12H,2-8H2,1H3;6-7H,1-5H2. The summed E-state index contributed by atoms with van der Waals surface area (Å²) in [6.07, 6.45) is 10.4. The van der Waals surface area contributed by atoms with Gasteiger partial charge in [-0.3, -0.25) is 35.1 Å². The number of aryl methyl sites for hydroxylation is 2. The normalized spacial score (nSPS) is 20.5. The minimum absolute atomic E-state index is 0.0854. The van der Waals surface area contributed by atoms with Crippen LogP contribution in [0.1, 0.15) is 113 Å². The first-order chi connectivity index (χ1) is 22.2. The van der Waals surface area contributed by atoms with Crippen molar-refractivity contribution < 1.29 is 38.9 Å². The first kappa shape index (κ1) is 38.1. The number of ketones is 4. The molecular weight excluding hydrogens is 592 g/mol. The van der Waals surface area contributed by atoms with E-state index >= 15 is 0 Å². The monoisotopic (exact) mass is 648 g/mol. The number of aliphatic hydroxyl groups excluding tert-OH is 2. The number of nitrogens with two attached hydrogens (primary N) is 1. The average Bonchev–Trinajstić information content (AvgIpc) is 3.39. The van der Waals surface area contributed by atoms with Crippen molar-refractivity contribution in [1.82, 2.24) is 15.2 Å². The van der Waals surface area contributed by atoms with Gasteiger partial charge in [0.25, 0.3) is 0 Å². The van der Waals surface area contributed by atoms with Gasteiger partial charge in [-0.25, -0.2) is 0 Å². The Hall–Kier alpha value is -2.35. The van der Waals surface area contributed by atoms with Crippen LogP contribution in [0.4, 0.5) is 0 Å². The lowest BCUT2D eigenvalue weighted by Gasteiger charge is -2.40. The fraction of sp³-hybridized carbons (Fsp3) is 0.794. The van der Waals surface area contributed by atoms with Gasteiger partial charge < -0.3 is 19.7 Å². The van der Waals surface area contributed by atoms with Crippen LogP contribution >= 0.6 is 0 Å². The molecule has 3 heterocycles. The third-order valence-corrected chi connectivity index (χ3v) is 9.85. The smallest absolute Gasteiger partial charge is 0.167 e. The highest BCUT2D eigenvalue weighted by Crippen LogP contribution is 2.44. The van der Waals surface area contributed by atoms with Crippen LogP contribution in [-0.4, -0.2) is 89.3 Å². The van der Waals surface area contributed by atoms with Gasteiger partial charge in [-0.15, -0.1) is 0 Å². The second kappa shape index (κ2) is 18.8. The van der Waals surface area contributed by atoms with Crippen LogP contribution in [0.3, 0.4) is 0 Å². The highest BCUT2D eigenvalue weighted by atomic mass is 16.5. The number of nitrogens with zero attached hydrogens (tertiary/aromatic N) is 2. The molecule has 46 heavy (non-hydrogen) atoms. The van der Waals surface area contributed by atoms with Crippen molar-refractivity contribution in [3.63, 3.8) is 0 Å². The number of aromatic nitrogens is 2. The molecule has 0 radical (unpaired) electrons. The molecule has 260 valence electrons. The second-order valence-corrected chi connectivity index (χ2v) is 13.2.